The second kappa shape index (κ2) is 8.34. The van der Waals surface area contributed by atoms with E-state index in [1.165, 1.54) is 0 Å². The van der Waals surface area contributed by atoms with Crippen LogP contribution >= 0.6 is 0 Å². The maximum atomic E-state index is 12.4. The molecule has 1 aliphatic heterocycles. The first-order valence-corrected chi connectivity index (χ1v) is 11.0. The van der Waals surface area contributed by atoms with Crippen molar-refractivity contribution in [3.05, 3.63) is 58.9 Å². The number of likely N-dealkylation sites (tertiary alicyclic amines) is 1. The molecule has 3 aromatic rings. The number of hydrogen-bond acceptors (Lipinski definition) is 6. The van der Waals surface area contributed by atoms with Gasteiger partial charge in [0.05, 0.1) is 25.3 Å². The molecule has 0 unspecified atom stereocenters. The molecule has 168 valence electrons. The molecule has 8 heteroatoms. The molecule has 1 fully saturated rings. The lowest BCUT2D eigenvalue weighted by molar-refractivity contribution is -0.129. The number of ether oxygens (including phenoxy) is 1. The van der Waals surface area contributed by atoms with E-state index in [0.29, 0.717) is 35.8 Å². The van der Waals surface area contributed by atoms with Crippen molar-refractivity contribution in [3.8, 4) is 28.6 Å². The van der Waals surface area contributed by atoms with Crippen LogP contribution in [0.3, 0.4) is 0 Å². The van der Waals surface area contributed by atoms with E-state index in [2.05, 4.69) is 15.0 Å². The van der Waals surface area contributed by atoms with Crippen molar-refractivity contribution < 1.29 is 19.2 Å². The summed E-state index contributed by atoms with van der Waals surface area (Å²) in [7, 11) is 0. The van der Waals surface area contributed by atoms with Gasteiger partial charge in [-0.2, -0.15) is 4.98 Å². The second-order valence-corrected chi connectivity index (χ2v) is 8.68. The van der Waals surface area contributed by atoms with Crippen LogP contribution in [0.1, 0.15) is 37.4 Å². The number of hydrogen-bond donors (Lipinski definition) is 1. The molecule has 2 aliphatic rings. The van der Waals surface area contributed by atoms with Crippen LogP contribution in [0.2, 0.25) is 0 Å². The van der Waals surface area contributed by atoms with Gasteiger partial charge in [-0.25, -0.2) is 4.85 Å². The summed E-state index contributed by atoms with van der Waals surface area (Å²) in [4.78, 5) is 22.4. The van der Waals surface area contributed by atoms with Crippen molar-refractivity contribution in [2.75, 3.05) is 13.2 Å². The van der Waals surface area contributed by atoms with Gasteiger partial charge in [-0.15, -0.1) is 0 Å². The minimum Gasteiger partial charge on any atom is -0.492 e. The van der Waals surface area contributed by atoms with Gasteiger partial charge in [0.1, 0.15) is 5.75 Å². The zero-order valence-electron chi connectivity index (χ0n) is 18.5. The van der Waals surface area contributed by atoms with E-state index in [1.807, 2.05) is 32.0 Å². The Labute approximate surface area is 191 Å². The van der Waals surface area contributed by atoms with Gasteiger partial charge in [-0.1, -0.05) is 29.4 Å². The molecule has 0 bridgehead atoms. The molecule has 1 aliphatic carbocycles. The van der Waals surface area contributed by atoms with E-state index < -0.39 is 0 Å². The topological polar surface area (TPSA) is 93.0 Å². The number of carbonyl (C=O) groups is 1. The predicted molar refractivity (Wildman–Crippen MR) is 121 cm³/mol. The standard InChI is InChI=1S/C25H24N4O4/c1-14(2)32-16-7-8-19(21(13-16)26-3)25-27-24(28-33-25)18-6-4-5-17-20(18)11-15-12-22(31)29(9-10-30)23(15)17/h4-8,13-15,23,30H,9-12H2,1-2H3/t15-,23+/m1/s1. The zero-order valence-corrected chi connectivity index (χ0v) is 18.5. The predicted octanol–water partition coefficient (Wildman–Crippen LogP) is 4.18. The Bertz CT molecular complexity index is 1260. The quantitative estimate of drug-likeness (QED) is 0.574. The van der Waals surface area contributed by atoms with Crippen molar-refractivity contribution in [1.29, 1.82) is 0 Å². The molecule has 2 aromatic carbocycles. The summed E-state index contributed by atoms with van der Waals surface area (Å²) in [6.07, 6.45) is 1.24. The maximum Gasteiger partial charge on any atom is 0.247 e. The number of benzene rings is 2. The molecule has 1 aromatic heterocycles. The van der Waals surface area contributed by atoms with Crippen molar-refractivity contribution in [2.24, 2.45) is 5.92 Å². The third-order valence-corrected chi connectivity index (χ3v) is 6.24. The number of aliphatic hydroxyl groups excluding tert-OH is 1. The first-order chi connectivity index (χ1) is 16.0. The van der Waals surface area contributed by atoms with Crippen LogP contribution in [-0.2, 0) is 11.2 Å². The van der Waals surface area contributed by atoms with Crippen molar-refractivity contribution in [1.82, 2.24) is 15.0 Å². The molecule has 0 radical (unpaired) electrons. The first kappa shape index (κ1) is 21.2. The molecular weight excluding hydrogens is 420 g/mol. The lowest BCUT2D eigenvalue weighted by atomic mass is 10.0. The molecule has 2 heterocycles. The van der Waals surface area contributed by atoms with E-state index in [9.17, 15) is 9.90 Å². The van der Waals surface area contributed by atoms with E-state index in [4.69, 9.17) is 15.8 Å². The molecule has 0 saturated carbocycles. The average Bonchev–Trinajstić information content (AvgIpc) is 3.48. The van der Waals surface area contributed by atoms with Crippen molar-refractivity contribution >= 4 is 11.6 Å². The highest BCUT2D eigenvalue weighted by Crippen LogP contribution is 2.49. The van der Waals surface area contributed by atoms with Gasteiger partial charge in [0, 0.05) is 24.1 Å². The number of aromatic nitrogens is 2. The van der Waals surface area contributed by atoms with E-state index in [1.54, 1.807) is 23.1 Å². The molecule has 33 heavy (non-hydrogen) atoms. The SMILES string of the molecule is [C-]#[N+]c1cc(OC(C)C)ccc1-c1nc(-c2cccc3c2C[C@@H]2CC(=O)N(CCO)[C@H]32)no1. The summed E-state index contributed by atoms with van der Waals surface area (Å²) in [5, 5.41) is 13.6. The smallest absolute Gasteiger partial charge is 0.247 e. The fourth-order valence-electron chi connectivity index (χ4n) is 4.99. The van der Waals surface area contributed by atoms with Gasteiger partial charge in [-0.05, 0) is 49.4 Å². The summed E-state index contributed by atoms with van der Waals surface area (Å²) in [6.45, 7) is 11.7. The number of amides is 1. The summed E-state index contributed by atoms with van der Waals surface area (Å²) >= 11 is 0. The average molecular weight is 444 g/mol. The Morgan fingerprint density at radius 2 is 2.12 bits per heavy atom. The van der Waals surface area contributed by atoms with Gasteiger partial charge in [0.2, 0.25) is 23.3 Å². The van der Waals surface area contributed by atoms with Gasteiger partial charge in [0.25, 0.3) is 0 Å². The second-order valence-electron chi connectivity index (χ2n) is 8.68. The van der Waals surface area contributed by atoms with E-state index in [-0.39, 0.29) is 36.5 Å². The minimum absolute atomic E-state index is 0.00714. The molecular formula is C25H24N4O4. The summed E-state index contributed by atoms with van der Waals surface area (Å²) in [6, 6.07) is 11.2. The largest absolute Gasteiger partial charge is 0.492 e. The third-order valence-electron chi connectivity index (χ3n) is 6.24. The highest BCUT2D eigenvalue weighted by Gasteiger charge is 2.46. The van der Waals surface area contributed by atoms with Gasteiger partial charge in [0.15, 0.2) is 0 Å². The Morgan fingerprint density at radius 1 is 1.27 bits per heavy atom. The molecule has 5 rings (SSSR count). The normalized spacial score (nSPS) is 19.0. The van der Waals surface area contributed by atoms with E-state index in [0.717, 1.165) is 23.1 Å². The third kappa shape index (κ3) is 3.64. The fraction of sp³-hybridized carbons (Fsp3) is 0.360. The van der Waals surface area contributed by atoms with Gasteiger partial charge in [-0.3, -0.25) is 4.79 Å². The van der Waals surface area contributed by atoms with Crippen LogP contribution in [0.5, 0.6) is 5.75 Å². The van der Waals surface area contributed by atoms with Gasteiger partial charge < -0.3 is 19.3 Å². The molecule has 1 amide bonds. The highest BCUT2D eigenvalue weighted by molar-refractivity contribution is 5.81. The number of rotatable bonds is 6. The van der Waals surface area contributed by atoms with Crippen LogP contribution < -0.4 is 4.74 Å². The van der Waals surface area contributed by atoms with E-state index >= 15 is 0 Å². The molecule has 1 saturated heterocycles. The molecule has 8 nitrogen and oxygen atoms in total. The number of β-amino-alcohol motifs (C(OH)–C–C–N with tert-alkyl or cyclic N) is 1. The molecule has 2 atom stereocenters. The fourth-order valence-corrected chi connectivity index (χ4v) is 4.99. The maximum absolute atomic E-state index is 12.4. The minimum atomic E-state index is -0.0530. The van der Waals surface area contributed by atoms with Crippen LogP contribution in [0, 0.1) is 12.5 Å². The molecule has 0 spiro atoms. The number of fused-ring (bicyclic) bond motifs is 3. The van der Waals surface area contributed by atoms with Crippen molar-refractivity contribution in [3.63, 3.8) is 0 Å². The van der Waals surface area contributed by atoms with Crippen LogP contribution in [0.15, 0.2) is 40.9 Å². The number of aliphatic hydroxyl groups is 1. The monoisotopic (exact) mass is 444 g/mol. The van der Waals surface area contributed by atoms with Crippen LogP contribution in [0.25, 0.3) is 27.7 Å². The highest BCUT2D eigenvalue weighted by atomic mass is 16.5. The zero-order chi connectivity index (χ0) is 23.1. The van der Waals surface area contributed by atoms with Crippen molar-refractivity contribution in [2.45, 2.75) is 38.8 Å². The summed E-state index contributed by atoms with van der Waals surface area (Å²) < 4.78 is 11.2. The molecule has 1 N–H and O–H groups in total. The van der Waals surface area contributed by atoms with Crippen LogP contribution in [-0.4, -0.2) is 45.3 Å². The van der Waals surface area contributed by atoms with Crippen LogP contribution in [0.4, 0.5) is 5.69 Å². The number of carbonyl (C=O) groups excluding carboxylic acids is 1. The Balaban J connectivity index is 1.49. The van der Waals surface area contributed by atoms with Gasteiger partial charge >= 0.3 is 0 Å². The summed E-state index contributed by atoms with van der Waals surface area (Å²) in [5.74, 6) is 1.64. The Kier molecular flexibility index (Phi) is 5.35. The Morgan fingerprint density at radius 3 is 2.88 bits per heavy atom. The first-order valence-electron chi connectivity index (χ1n) is 11.0. The number of nitrogens with zero attached hydrogens (tertiary/aromatic N) is 4. The summed E-state index contributed by atoms with van der Waals surface area (Å²) in [5.41, 5.74) is 4.01. The lowest BCUT2D eigenvalue weighted by Gasteiger charge is -2.24. The lowest BCUT2D eigenvalue weighted by Crippen LogP contribution is -2.30. The Hall–Kier alpha value is -3.70.